The largest absolute Gasteiger partial charge is 0.492 e. The molecular formula is C20H24N2O3. The highest BCUT2D eigenvalue weighted by molar-refractivity contribution is 6.04. The summed E-state index contributed by atoms with van der Waals surface area (Å²) in [7, 11) is 0. The Morgan fingerprint density at radius 2 is 1.68 bits per heavy atom. The van der Waals surface area contributed by atoms with Gasteiger partial charge in [0.15, 0.2) is 0 Å². The maximum absolute atomic E-state index is 12.4. The highest BCUT2D eigenvalue weighted by atomic mass is 16.5. The Morgan fingerprint density at radius 3 is 2.36 bits per heavy atom. The van der Waals surface area contributed by atoms with Crippen molar-refractivity contribution in [2.45, 2.75) is 26.8 Å². The molecule has 5 nitrogen and oxygen atoms in total. The van der Waals surface area contributed by atoms with Gasteiger partial charge in [0.2, 0.25) is 11.8 Å². The maximum atomic E-state index is 12.4. The number of hydrogen-bond donors (Lipinski definition) is 1. The predicted octanol–water partition coefficient (Wildman–Crippen LogP) is 3.46. The summed E-state index contributed by atoms with van der Waals surface area (Å²) in [5.41, 5.74) is 1.62. The minimum atomic E-state index is -0.344. The third-order valence-corrected chi connectivity index (χ3v) is 3.72. The first-order chi connectivity index (χ1) is 12.1. The SMILES string of the molecule is CCOc1ccccc1NC(=O)CC(=O)N(CC)Cc1ccccc1. The van der Waals surface area contributed by atoms with Gasteiger partial charge in [-0.25, -0.2) is 0 Å². The van der Waals surface area contributed by atoms with Crippen molar-refractivity contribution >= 4 is 17.5 Å². The molecule has 0 radical (unpaired) electrons. The second-order valence-corrected chi connectivity index (χ2v) is 5.55. The van der Waals surface area contributed by atoms with E-state index < -0.39 is 0 Å². The van der Waals surface area contributed by atoms with Crippen molar-refractivity contribution in [2.24, 2.45) is 0 Å². The van der Waals surface area contributed by atoms with Crippen LogP contribution >= 0.6 is 0 Å². The van der Waals surface area contributed by atoms with Crippen LogP contribution in [0.25, 0.3) is 0 Å². The van der Waals surface area contributed by atoms with Crippen molar-refractivity contribution in [3.63, 3.8) is 0 Å². The molecule has 0 aliphatic rings. The lowest BCUT2D eigenvalue weighted by Gasteiger charge is -2.21. The molecule has 0 aliphatic carbocycles. The van der Waals surface area contributed by atoms with Crippen LogP contribution in [-0.4, -0.2) is 29.9 Å². The van der Waals surface area contributed by atoms with Crippen LogP contribution in [0.1, 0.15) is 25.8 Å². The number of rotatable bonds is 8. The van der Waals surface area contributed by atoms with E-state index in [0.29, 0.717) is 31.1 Å². The number of ether oxygens (including phenoxy) is 1. The summed E-state index contributed by atoms with van der Waals surface area (Å²) in [6, 6.07) is 16.9. The molecule has 0 spiro atoms. The average Bonchev–Trinajstić information content (AvgIpc) is 2.62. The number of para-hydroxylation sites is 2. The van der Waals surface area contributed by atoms with Crippen LogP contribution in [0, 0.1) is 0 Å². The van der Waals surface area contributed by atoms with E-state index in [1.165, 1.54) is 0 Å². The summed E-state index contributed by atoms with van der Waals surface area (Å²) in [6.07, 6.45) is -0.193. The number of carbonyl (C=O) groups excluding carboxylic acids is 2. The van der Waals surface area contributed by atoms with Crippen molar-refractivity contribution in [1.82, 2.24) is 4.90 Å². The molecule has 2 aromatic rings. The van der Waals surface area contributed by atoms with E-state index in [1.807, 2.05) is 56.3 Å². The lowest BCUT2D eigenvalue weighted by molar-refractivity contribution is -0.134. The van der Waals surface area contributed by atoms with E-state index >= 15 is 0 Å². The fourth-order valence-corrected chi connectivity index (χ4v) is 2.47. The van der Waals surface area contributed by atoms with Crippen molar-refractivity contribution in [3.05, 3.63) is 60.2 Å². The highest BCUT2D eigenvalue weighted by Gasteiger charge is 2.17. The molecule has 132 valence electrons. The van der Waals surface area contributed by atoms with Gasteiger partial charge in [0, 0.05) is 13.1 Å². The molecule has 0 bridgehead atoms. The van der Waals surface area contributed by atoms with Crippen molar-refractivity contribution < 1.29 is 14.3 Å². The zero-order valence-electron chi connectivity index (χ0n) is 14.7. The molecule has 1 N–H and O–H groups in total. The van der Waals surface area contributed by atoms with Gasteiger partial charge in [-0.05, 0) is 31.5 Å². The summed E-state index contributed by atoms with van der Waals surface area (Å²) in [5, 5.41) is 2.76. The fraction of sp³-hybridized carbons (Fsp3) is 0.300. The lowest BCUT2D eigenvalue weighted by atomic mass is 10.2. The van der Waals surface area contributed by atoms with Gasteiger partial charge in [0.05, 0.1) is 12.3 Å². The smallest absolute Gasteiger partial charge is 0.233 e. The molecule has 0 atom stereocenters. The van der Waals surface area contributed by atoms with E-state index in [0.717, 1.165) is 5.56 Å². The molecule has 0 saturated heterocycles. The zero-order valence-corrected chi connectivity index (χ0v) is 14.7. The maximum Gasteiger partial charge on any atom is 0.233 e. The summed E-state index contributed by atoms with van der Waals surface area (Å²) in [5.74, 6) is 0.0591. The molecule has 0 aliphatic heterocycles. The number of carbonyl (C=O) groups is 2. The predicted molar refractivity (Wildman–Crippen MR) is 98.4 cm³/mol. The first kappa shape index (κ1) is 18.5. The summed E-state index contributed by atoms with van der Waals surface area (Å²) >= 11 is 0. The molecule has 0 aromatic heterocycles. The third-order valence-electron chi connectivity index (χ3n) is 3.72. The van der Waals surface area contributed by atoms with E-state index in [2.05, 4.69) is 5.32 Å². The Hall–Kier alpha value is -2.82. The molecular weight excluding hydrogens is 316 g/mol. The standard InChI is InChI=1S/C20H24N2O3/c1-3-22(15-16-10-6-5-7-11-16)20(24)14-19(23)21-17-12-8-9-13-18(17)25-4-2/h5-13H,3-4,14-15H2,1-2H3,(H,21,23). The number of anilines is 1. The van der Waals surface area contributed by atoms with E-state index in [1.54, 1.807) is 17.0 Å². The van der Waals surface area contributed by atoms with Gasteiger partial charge in [-0.2, -0.15) is 0 Å². The third kappa shape index (κ3) is 5.64. The van der Waals surface area contributed by atoms with Crippen LogP contribution in [0.15, 0.2) is 54.6 Å². The van der Waals surface area contributed by atoms with Gasteiger partial charge < -0.3 is 15.0 Å². The zero-order chi connectivity index (χ0) is 18.1. The van der Waals surface area contributed by atoms with Gasteiger partial charge >= 0.3 is 0 Å². The summed E-state index contributed by atoms with van der Waals surface area (Å²) in [6.45, 7) is 5.34. The van der Waals surface area contributed by atoms with Crippen LogP contribution in [0.2, 0.25) is 0 Å². The minimum absolute atomic E-state index is 0.193. The Labute approximate surface area is 148 Å². The average molecular weight is 340 g/mol. The van der Waals surface area contributed by atoms with Crippen LogP contribution in [0.4, 0.5) is 5.69 Å². The Balaban J connectivity index is 1.95. The monoisotopic (exact) mass is 340 g/mol. The molecule has 0 saturated carbocycles. The molecule has 5 heteroatoms. The minimum Gasteiger partial charge on any atom is -0.492 e. The highest BCUT2D eigenvalue weighted by Crippen LogP contribution is 2.23. The van der Waals surface area contributed by atoms with Crippen LogP contribution in [-0.2, 0) is 16.1 Å². The normalized spacial score (nSPS) is 10.2. The number of nitrogens with one attached hydrogen (secondary N) is 1. The Morgan fingerprint density at radius 1 is 1.00 bits per heavy atom. The molecule has 2 amide bonds. The quantitative estimate of drug-likeness (QED) is 0.749. The first-order valence-electron chi connectivity index (χ1n) is 8.47. The van der Waals surface area contributed by atoms with Gasteiger partial charge in [-0.1, -0.05) is 42.5 Å². The van der Waals surface area contributed by atoms with Gasteiger partial charge in [0.25, 0.3) is 0 Å². The topological polar surface area (TPSA) is 58.6 Å². The van der Waals surface area contributed by atoms with Gasteiger partial charge in [-0.3, -0.25) is 9.59 Å². The second kappa shape index (κ2) is 9.47. The van der Waals surface area contributed by atoms with Crippen LogP contribution in [0.5, 0.6) is 5.75 Å². The van der Waals surface area contributed by atoms with Crippen molar-refractivity contribution in [1.29, 1.82) is 0 Å². The summed E-state index contributed by atoms with van der Waals surface area (Å²) < 4.78 is 5.48. The van der Waals surface area contributed by atoms with Crippen molar-refractivity contribution in [2.75, 3.05) is 18.5 Å². The van der Waals surface area contributed by atoms with Crippen LogP contribution < -0.4 is 10.1 Å². The number of nitrogens with zero attached hydrogens (tertiary/aromatic N) is 1. The molecule has 0 unspecified atom stereocenters. The molecule has 0 heterocycles. The van der Waals surface area contributed by atoms with Crippen LogP contribution in [0.3, 0.4) is 0 Å². The number of hydrogen-bond acceptors (Lipinski definition) is 3. The number of amides is 2. The van der Waals surface area contributed by atoms with E-state index in [-0.39, 0.29) is 18.2 Å². The molecule has 25 heavy (non-hydrogen) atoms. The first-order valence-corrected chi connectivity index (χ1v) is 8.47. The second-order valence-electron chi connectivity index (χ2n) is 5.55. The van der Waals surface area contributed by atoms with Gasteiger partial charge in [0.1, 0.15) is 12.2 Å². The fourth-order valence-electron chi connectivity index (χ4n) is 2.47. The van der Waals surface area contributed by atoms with E-state index in [9.17, 15) is 9.59 Å². The number of benzene rings is 2. The van der Waals surface area contributed by atoms with E-state index in [4.69, 9.17) is 4.74 Å². The molecule has 2 aromatic carbocycles. The molecule has 2 rings (SSSR count). The molecule has 0 fully saturated rings. The summed E-state index contributed by atoms with van der Waals surface area (Å²) in [4.78, 5) is 26.3. The van der Waals surface area contributed by atoms with Gasteiger partial charge in [-0.15, -0.1) is 0 Å². The lowest BCUT2D eigenvalue weighted by Crippen LogP contribution is -2.33. The van der Waals surface area contributed by atoms with Crippen molar-refractivity contribution in [3.8, 4) is 5.75 Å². The Bertz CT molecular complexity index is 701. The Kier molecular flexibility index (Phi) is 7.01.